The summed E-state index contributed by atoms with van der Waals surface area (Å²) < 4.78 is 8.58. The molecule has 0 bridgehead atoms. The highest BCUT2D eigenvalue weighted by atomic mass is 16.3. The van der Waals surface area contributed by atoms with Crippen LogP contribution < -0.4 is 9.80 Å². The van der Waals surface area contributed by atoms with E-state index in [1.807, 2.05) is 24.3 Å². The fourth-order valence-corrected chi connectivity index (χ4v) is 7.77. The predicted octanol–water partition coefficient (Wildman–Crippen LogP) is 13.8. The first-order valence-corrected chi connectivity index (χ1v) is 18.6. The van der Waals surface area contributed by atoms with E-state index < -0.39 is 0 Å². The van der Waals surface area contributed by atoms with Crippen molar-refractivity contribution in [3.05, 3.63) is 206 Å². The number of benzene rings is 8. The molecule has 0 radical (unpaired) electrons. The van der Waals surface area contributed by atoms with Crippen molar-refractivity contribution in [3.8, 4) is 17.1 Å². The summed E-state index contributed by atoms with van der Waals surface area (Å²) in [5, 5.41) is 2.32. The molecule has 2 aromatic heterocycles. The minimum absolute atomic E-state index is 0.630. The zero-order valence-electron chi connectivity index (χ0n) is 30.2. The summed E-state index contributed by atoms with van der Waals surface area (Å²) in [6, 6.07) is 70.5. The van der Waals surface area contributed by atoms with Gasteiger partial charge in [-0.2, -0.15) is 0 Å². The second-order valence-electron chi connectivity index (χ2n) is 13.7. The fourth-order valence-electron chi connectivity index (χ4n) is 7.77. The Hall–Kier alpha value is -7.37. The molecular weight excluding hydrogens is 673 g/mol. The summed E-state index contributed by atoms with van der Waals surface area (Å²) >= 11 is 0. The molecule has 0 atom stereocenters. The molecule has 0 saturated heterocycles. The van der Waals surface area contributed by atoms with E-state index in [9.17, 15) is 0 Å². The van der Waals surface area contributed by atoms with Crippen molar-refractivity contribution in [2.45, 2.75) is 6.92 Å². The first-order valence-electron chi connectivity index (χ1n) is 18.6. The molecule has 10 aromatic rings. The normalized spacial score (nSPS) is 11.4. The lowest BCUT2D eigenvalue weighted by molar-refractivity contribution is 0.619. The predicted molar refractivity (Wildman–Crippen MR) is 228 cm³/mol. The van der Waals surface area contributed by atoms with Gasteiger partial charge in [0.15, 0.2) is 5.58 Å². The van der Waals surface area contributed by atoms with Crippen LogP contribution in [0.4, 0.5) is 34.1 Å². The second-order valence-corrected chi connectivity index (χ2v) is 13.7. The van der Waals surface area contributed by atoms with Gasteiger partial charge in [0, 0.05) is 56.1 Å². The number of rotatable bonds is 8. The van der Waals surface area contributed by atoms with Gasteiger partial charge in [-0.3, -0.25) is 0 Å². The van der Waals surface area contributed by atoms with Gasteiger partial charge in [-0.05, 0) is 128 Å². The van der Waals surface area contributed by atoms with Crippen LogP contribution in [0.5, 0.6) is 0 Å². The molecule has 0 aliphatic heterocycles. The Morgan fingerprint density at radius 3 is 1.35 bits per heavy atom. The molecular formula is C50H36N4O. The molecule has 0 saturated carbocycles. The van der Waals surface area contributed by atoms with Crippen LogP contribution in [0.25, 0.3) is 50.0 Å². The Labute approximate surface area is 319 Å². The van der Waals surface area contributed by atoms with Gasteiger partial charge in [-0.15, -0.1) is 0 Å². The van der Waals surface area contributed by atoms with Crippen LogP contribution in [0, 0.1) is 6.92 Å². The summed E-state index contributed by atoms with van der Waals surface area (Å²) in [4.78, 5) is 9.46. The largest absolute Gasteiger partial charge is 0.436 e. The minimum atomic E-state index is 0.630. The standard InChI is InChI=1S/C50H36N4O/c1-35-32-40(26-29-43(35)50-51-46-24-14-15-25-49(46)55-50)54-47-30-27-41(52(36-16-6-2-7-17-36)37-18-8-3-9-19-37)33-44(47)45-34-42(28-31-48(45)54)53(38-20-10-4-11-21-38)39-22-12-5-13-23-39/h2-34H,1H3. The lowest BCUT2D eigenvalue weighted by Gasteiger charge is -2.26. The highest BCUT2D eigenvalue weighted by molar-refractivity contribution is 6.12. The van der Waals surface area contributed by atoms with Gasteiger partial charge in [0.25, 0.3) is 0 Å². The maximum Gasteiger partial charge on any atom is 0.227 e. The molecule has 0 aliphatic rings. The van der Waals surface area contributed by atoms with Crippen molar-refractivity contribution in [2.75, 3.05) is 9.80 Å². The van der Waals surface area contributed by atoms with Gasteiger partial charge in [0.1, 0.15) is 5.52 Å². The second kappa shape index (κ2) is 13.6. The van der Waals surface area contributed by atoms with Gasteiger partial charge in [0.2, 0.25) is 5.89 Å². The van der Waals surface area contributed by atoms with Gasteiger partial charge >= 0.3 is 0 Å². The van der Waals surface area contributed by atoms with E-state index in [4.69, 9.17) is 9.40 Å². The third kappa shape index (κ3) is 5.79. The molecule has 5 heteroatoms. The molecule has 262 valence electrons. The van der Waals surface area contributed by atoms with Crippen LogP contribution in [0.3, 0.4) is 0 Å². The summed E-state index contributed by atoms with van der Waals surface area (Å²) in [5.41, 5.74) is 13.6. The van der Waals surface area contributed by atoms with Crippen molar-refractivity contribution >= 4 is 67.0 Å². The van der Waals surface area contributed by atoms with Gasteiger partial charge in [-0.25, -0.2) is 4.98 Å². The molecule has 8 aromatic carbocycles. The molecule has 0 amide bonds. The summed E-state index contributed by atoms with van der Waals surface area (Å²) in [6.45, 7) is 2.13. The van der Waals surface area contributed by atoms with Crippen LogP contribution in [0.1, 0.15) is 5.56 Å². The Morgan fingerprint density at radius 2 is 0.891 bits per heavy atom. The molecule has 55 heavy (non-hydrogen) atoms. The highest BCUT2D eigenvalue weighted by Crippen LogP contribution is 2.43. The lowest BCUT2D eigenvalue weighted by Crippen LogP contribution is -2.09. The third-order valence-corrected chi connectivity index (χ3v) is 10.3. The van der Waals surface area contributed by atoms with Crippen molar-refractivity contribution < 1.29 is 4.42 Å². The number of fused-ring (bicyclic) bond motifs is 4. The van der Waals surface area contributed by atoms with E-state index in [1.165, 1.54) is 0 Å². The van der Waals surface area contributed by atoms with Gasteiger partial charge in [0.05, 0.1) is 11.0 Å². The van der Waals surface area contributed by atoms with E-state index in [2.05, 4.69) is 197 Å². The zero-order chi connectivity index (χ0) is 36.7. The maximum atomic E-state index is 6.20. The molecule has 0 fully saturated rings. The number of hydrogen-bond donors (Lipinski definition) is 0. The molecule has 5 nitrogen and oxygen atoms in total. The quantitative estimate of drug-likeness (QED) is 0.157. The summed E-state index contributed by atoms with van der Waals surface area (Å²) in [7, 11) is 0. The molecule has 0 aliphatic carbocycles. The van der Waals surface area contributed by atoms with Crippen molar-refractivity contribution in [1.82, 2.24) is 9.55 Å². The topological polar surface area (TPSA) is 37.4 Å². The summed E-state index contributed by atoms with van der Waals surface area (Å²) in [6.07, 6.45) is 0. The Kier molecular flexibility index (Phi) is 7.96. The number of aromatic nitrogens is 2. The highest BCUT2D eigenvalue weighted by Gasteiger charge is 2.21. The van der Waals surface area contributed by atoms with E-state index in [0.29, 0.717) is 5.89 Å². The fraction of sp³-hybridized carbons (Fsp3) is 0.0200. The smallest absolute Gasteiger partial charge is 0.227 e. The first-order chi connectivity index (χ1) is 27.2. The Morgan fingerprint density at radius 1 is 0.436 bits per heavy atom. The number of para-hydroxylation sites is 6. The molecule has 0 N–H and O–H groups in total. The Balaban J connectivity index is 1.19. The van der Waals surface area contributed by atoms with Crippen LogP contribution in [0.15, 0.2) is 205 Å². The number of oxazole rings is 1. The van der Waals surface area contributed by atoms with Gasteiger partial charge < -0.3 is 18.8 Å². The van der Waals surface area contributed by atoms with Crippen LogP contribution in [0.2, 0.25) is 0 Å². The number of hydrogen-bond acceptors (Lipinski definition) is 4. The maximum absolute atomic E-state index is 6.20. The molecule has 0 unspecified atom stereocenters. The number of aryl methyl sites for hydroxylation is 1. The van der Waals surface area contributed by atoms with Crippen molar-refractivity contribution in [1.29, 1.82) is 0 Å². The molecule has 0 spiro atoms. The molecule has 2 heterocycles. The van der Waals surface area contributed by atoms with E-state index in [-0.39, 0.29) is 0 Å². The van der Waals surface area contributed by atoms with E-state index in [1.54, 1.807) is 0 Å². The number of nitrogens with zero attached hydrogens (tertiary/aromatic N) is 4. The SMILES string of the molecule is Cc1cc(-n2c3ccc(N(c4ccccc4)c4ccccc4)cc3c3cc(N(c4ccccc4)c4ccccc4)ccc32)ccc1-c1nc2ccccc2o1. The summed E-state index contributed by atoms with van der Waals surface area (Å²) in [5.74, 6) is 0.630. The Bertz CT molecular complexity index is 2680. The van der Waals surface area contributed by atoms with E-state index >= 15 is 0 Å². The average Bonchev–Trinajstić information content (AvgIpc) is 3.82. The van der Waals surface area contributed by atoms with Gasteiger partial charge in [-0.1, -0.05) is 84.9 Å². The third-order valence-electron chi connectivity index (χ3n) is 10.3. The minimum Gasteiger partial charge on any atom is -0.436 e. The monoisotopic (exact) mass is 708 g/mol. The molecule has 10 rings (SSSR count). The van der Waals surface area contributed by atoms with Crippen LogP contribution in [-0.2, 0) is 0 Å². The van der Waals surface area contributed by atoms with Crippen molar-refractivity contribution in [2.24, 2.45) is 0 Å². The first kappa shape index (κ1) is 32.3. The van der Waals surface area contributed by atoms with Crippen LogP contribution >= 0.6 is 0 Å². The average molecular weight is 709 g/mol. The van der Waals surface area contributed by atoms with Crippen molar-refractivity contribution in [3.63, 3.8) is 0 Å². The van der Waals surface area contributed by atoms with E-state index in [0.717, 1.165) is 83.8 Å². The lowest BCUT2D eigenvalue weighted by atomic mass is 10.1. The number of anilines is 6. The zero-order valence-corrected chi connectivity index (χ0v) is 30.2. The van der Waals surface area contributed by atoms with Crippen LogP contribution in [-0.4, -0.2) is 9.55 Å².